The van der Waals surface area contributed by atoms with Crippen molar-refractivity contribution in [1.82, 2.24) is 4.57 Å². The van der Waals surface area contributed by atoms with Gasteiger partial charge in [-0.2, -0.15) is 0 Å². The number of nitrogens with zero attached hydrogens (tertiary/aromatic N) is 2. The predicted octanol–water partition coefficient (Wildman–Crippen LogP) is 15.8. The van der Waals surface area contributed by atoms with Gasteiger partial charge in [0.2, 0.25) is 0 Å². The van der Waals surface area contributed by atoms with Gasteiger partial charge in [-0.25, -0.2) is 0 Å². The van der Waals surface area contributed by atoms with Gasteiger partial charge >= 0.3 is 0 Å². The number of anilines is 3. The van der Waals surface area contributed by atoms with Crippen LogP contribution in [-0.4, -0.2) is 4.57 Å². The molecule has 0 N–H and O–H groups in total. The molecule has 298 valence electrons. The summed E-state index contributed by atoms with van der Waals surface area (Å²) >= 11 is 0. The van der Waals surface area contributed by atoms with Gasteiger partial charge in [0.05, 0.1) is 16.4 Å². The molecule has 2 aliphatic carbocycles. The van der Waals surface area contributed by atoms with Crippen LogP contribution in [0.3, 0.4) is 0 Å². The minimum absolute atomic E-state index is 0.231. The molecule has 2 unspecified atom stereocenters. The predicted molar refractivity (Wildman–Crippen MR) is 264 cm³/mol. The first kappa shape index (κ1) is 36.9. The van der Waals surface area contributed by atoms with Crippen LogP contribution in [0.25, 0.3) is 49.7 Å². The van der Waals surface area contributed by atoms with Crippen LogP contribution in [0.4, 0.5) is 17.1 Å². The average Bonchev–Trinajstić information content (AvgIpc) is 3.86. The summed E-state index contributed by atoms with van der Waals surface area (Å²) < 4.78 is 2.38. The fourth-order valence-electron chi connectivity index (χ4n) is 10.8. The zero-order chi connectivity index (χ0) is 41.7. The Morgan fingerprint density at radius 2 is 0.889 bits per heavy atom. The van der Waals surface area contributed by atoms with Crippen LogP contribution in [0.2, 0.25) is 0 Å². The first-order valence-electron chi connectivity index (χ1n) is 22.0. The van der Waals surface area contributed by atoms with Gasteiger partial charge < -0.3 is 9.47 Å². The maximum atomic E-state index is 2.49. The largest absolute Gasteiger partial charge is 0.310 e. The van der Waals surface area contributed by atoms with Gasteiger partial charge in [-0.15, -0.1) is 0 Å². The number of allylic oxidation sites excluding steroid dienone is 4. The lowest BCUT2D eigenvalue weighted by atomic mass is 9.63. The Morgan fingerprint density at radius 3 is 1.56 bits per heavy atom. The Morgan fingerprint density at radius 1 is 0.381 bits per heavy atom. The van der Waals surface area contributed by atoms with Crippen LogP contribution in [-0.2, 0) is 5.41 Å². The van der Waals surface area contributed by atoms with E-state index >= 15 is 0 Å². The Labute approximate surface area is 369 Å². The van der Waals surface area contributed by atoms with Crippen LogP contribution in [0.15, 0.2) is 255 Å². The van der Waals surface area contributed by atoms with Gasteiger partial charge in [0.1, 0.15) is 0 Å². The molecule has 0 saturated carbocycles. The third-order valence-corrected chi connectivity index (χ3v) is 13.6. The highest BCUT2D eigenvalue weighted by atomic mass is 15.1. The van der Waals surface area contributed by atoms with Crippen molar-refractivity contribution in [1.29, 1.82) is 0 Å². The monoisotopic (exact) mass is 804 g/mol. The van der Waals surface area contributed by atoms with Crippen LogP contribution in [0.5, 0.6) is 0 Å². The van der Waals surface area contributed by atoms with E-state index in [-0.39, 0.29) is 17.3 Å². The molecule has 0 spiro atoms. The van der Waals surface area contributed by atoms with Crippen molar-refractivity contribution in [3.63, 3.8) is 0 Å². The molecule has 9 aromatic carbocycles. The van der Waals surface area contributed by atoms with E-state index in [9.17, 15) is 0 Å². The van der Waals surface area contributed by atoms with Gasteiger partial charge in [0.15, 0.2) is 0 Å². The topological polar surface area (TPSA) is 8.17 Å². The summed E-state index contributed by atoms with van der Waals surface area (Å²) in [4.78, 5) is 2.43. The Bertz CT molecular complexity index is 3270. The fraction of sp³-hybridized carbons (Fsp3) is 0.0492. The highest BCUT2D eigenvalue weighted by Crippen LogP contribution is 2.60. The van der Waals surface area contributed by atoms with Crippen molar-refractivity contribution in [3.8, 4) is 27.9 Å². The molecule has 0 radical (unpaired) electrons. The minimum atomic E-state index is -0.380. The molecular weight excluding hydrogens is 761 g/mol. The molecule has 0 amide bonds. The Hall–Kier alpha value is -7.94. The molecule has 0 aliphatic heterocycles. The van der Waals surface area contributed by atoms with Crippen molar-refractivity contribution in [2.45, 2.75) is 11.3 Å². The summed E-state index contributed by atoms with van der Waals surface area (Å²) in [6.07, 6.45) is 9.33. The van der Waals surface area contributed by atoms with Gasteiger partial charge in [-0.05, 0) is 111 Å². The van der Waals surface area contributed by atoms with Crippen LogP contribution >= 0.6 is 0 Å². The lowest BCUT2D eigenvalue weighted by Gasteiger charge is -2.39. The molecule has 2 heteroatoms. The van der Waals surface area contributed by atoms with Crippen molar-refractivity contribution in [2.75, 3.05) is 4.90 Å². The fourth-order valence-corrected chi connectivity index (χ4v) is 10.8. The van der Waals surface area contributed by atoms with E-state index in [0.717, 1.165) is 17.1 Å². The number of rotatable bonds is 8. The molecule has 2 atom stereocenters. The summed E-state index contributed by atoms with van der Waals surface area (Å²) in [5, 5.41) is 2.50. The van der Waals surface area contributed by atoms with Gasteiger partial charge in [0, 0.05) is 45.4 Å². The van der Waals surface area contributed by atoms with Gasteiger partial charge in [-0.1, -0.05) is 188 Å². The summed E-state index contributed by atoms with van der Waals surface area (Å²) in [5.74, 6) is 0.492. The Balaban J connectivity index is 1.01. The maximum Gasteiger partial charge on any atom is 0.0541 e. The third-order valence-electron chi connectivity index (χ3n) is 13.6. The normalized spacial score (nSPS) is 15.9. The van der Waals surface area contributed by atoms with Crippen molar-refractivity contribution in [2.24, 2.45) is 5.92 Å². The quantitative estimate of drug-likeness (QED) is 0.149. The molecule has 2 aliphatic rings. The molecule has 63 heavy (non-hydrogen) atoms. The molecule has 12 rings (SSSR count). The highest BCUT2D eigenvalue weighted by Gasteiger charge is 2.53. The van der Waals surface area contributed by atoms with E-state index in [2.05, 4.69) is 264 Å². The molecular formula is C61H44N2. The molecule has 10 aromatic rings. The molecule has 0 saturated heterocycles. The van der Waals surface area contributed by atoms with Crippen molar-refractivity contribution in [3.05, 3.63) is 277 Å². The smallest absolute Gasteiger partial charge is 0.0541 e. The van der Waals surface area contributed by atoms with E-state index in [0.29, 0.717) is 0 Å². The maximum absolute atomic E-state index is 2.49. The molecule has 1 heterocycles. The van der Waals surface area contributed by atoms with Crippen molar-refractivity contribution >= 4 is 38.9 Å². The lowest BCUT2D eigenvalue weighted by Crippen LogP contribution is -2.35. The minimum Gasteiger partial charge on any atom is -0.310 e. The molecule has 2 nitrogen and oxygen atoms in total. The van der Waals surface area contributed by atoms with Crippen LogP contribution < -0.4 is 4.90 Å². The molecule has 0 fully saturated rings. The standard InChI is InChI=1S/C61H44N2/c1-5-17-43(18-6-1)44-29-34-50(35-30-44)62(51-36-31-45(32-37-51)46-33-40-60-56(41-46)55-26-14-16-28-59(55)63(60)49-23-11-4-12-24-49)52-38-39-54-53-25-13-15-27-57(53)61(58(54)42-52,47-19-7-2-8-20-47)48-21-9-3-10-22-48/h1-42,53,57H. The van der Waals surface area contributed by atoms with Gasteiger partial charge in [0.25, 0.3) is 0 Å². The van der Waals surface area contributed by atoms with Gasteiger partial charge in [-0.3, -0.25) is 0 Å². The second-order valence-electron chi connectivity index (χ2n) is 16.8. The number of para-hydroxylation sites is 2. The second kappa shape index (κ2) is 15.2. The molecule has 0 bridgehead atoms. The molecule has 1 aromatic heterocycles. The lowest BCUT2D eigenvalue weighted by molar-refractivity contribution is 0.457. The van der Waals surface area contributed by atoms with E-state index < -0.39 is 0 Å². The summed E-state index contributed by atoms with van der Waals surface area (Å²) in [5.41, 5.74) is 16.7. The van der Waals surface area contributed by atoms with E-state index in [1.165, 1.54) is 72.0 Å². The van der Waals surface area contributed by atoms with Crippen LogP contribution in [0.1, 0.15) is 28.2 Å². The Kier molecular flexibility index (Phi) is 8.90. The number of fused-ring (bicyclic) bond motifs is 6. The summed E-state index contributed by atoms with van der Waals surface area (Å²) in [7, 11) is 0. The number of hydrogen-bond acceptors (Lipinski definition) is 1. The van der Waals surface area contributed by atoms with Crippen LogP contribution in [0, 0.1) is 5.92 Å². The van der Waals surface area contributed by atoms with Crippen molar-refractivity contribution < 1.29 is 0 Å². The zero-order valence-electron chi connectivity index (χ0n) is 34.8. The van der Waals surface area contributed by atoms with E-state index in [1.54, 1.807) is 0 Å². The summed E-state index contributed by atoms with van der Waals surface area (Å²) in [6.45, 7) is 0. The average molecular weight is 805 g/mol. The first-order valence-corrected chi connectivity index (χ1v) is 22.0. The first-order chi connectivity index (χ1) is 31.3. The number of aromatic nitrogens is 1. The zero-order valence-corrected chi connectivity index (χ0v) is 34.8. The second-order valence-corrected chi connectivity index (χ2v) is 16.8. The van der Waals surface area contributed by atoms with E-state index in [4.69, 9.17) is 0 Å². The highest BCUT2D eigenvalue weighted by molar-refractivity contribution is 6.10. The number of benzene rings is 9. The number of hydrogen-bond donors (Lipinski definition) is 0. The third kappa shape index (κ3) is 6.02. The summed E-state index contributed by atoms with van der Waals surface area (Å²) in [6, 6.07) is 84.7. The SMILES string of the molecule is C1=CC2c3ccc(N(c4ccc(-c5ccccc5)cc4)c4ccc(-c5ccc6c(c5)c5ccccc5n6-c5ccccc5)cc4)cc3C(c3ccccc3)(c3ccccc3)C2C=C1. The van der Waals surface area contributed by atoms with E-state index in [1.807, 2.05) is 0 Å².